The first-order valence-corrected chi connectivity index (χ1v) is 10.0. The predicted octanol–water partition coefficient (Wildman–Crippen LogP) is 0.721. The number of hydrazine groups is 1. The molecule has 0 fully saturated rings. The van der Waals surface area contributed by atoms with E-state index in [2.05, 4.69) is 10.9 Å². The summed E-state index contributed by atoms with van der Waals surface area (Å²) in [7, 11) is -9.91. The third kappa shape index (κ3) is 4.91. The average Bonchev–Trinajstić information content (AvgIpc) is 2.58. The second kappa shape index (κ2) is 7.55. The van der Waals surface area contributed by atoms with Crippen LogP contribution in [-0.2, 0) is 20.2 Å². The van der Waals surface area contributed by atoms with E-state index in [-0.39, 0.29) is 11.4 Å². The van der Waals surface area contributed by atoms with Gasteiger partial charge >= 0.3 is 11.9 Å². The molecule has 0 bridgehead atoms. The fourth-order valence-electron chi connectivity index (χ4n) is 2.15. The van der Waals surface area contributed by atoms with Crippen molar-refractivity contribution < 1.29 is 50.8 Å². The standard InChI is InChI=1S/C14H12N2O11S2/c17-12-8(14(20)21)4-7(5-11(12)29(25,26)27)15-16-9-2-1-6(13(18)19)3-10(9)28(22,23)24/h1-5,15-17H,(H,18,19)(H,20,21)(H,22,23,24)(H,25,26,27). The van der Waals surface area contributed by atoms with Crippen molar-refractivity contribution in [2.75, 3.05) is 10.9 Å². The Morgan fingerprint density at radius 1 is 0.793 bits per heavy atom. The molecule has 0 amide bonds. The second-order valence-electron chi connectivity index (χ2n) is 5.39. The van der Waals surface area contributed by atoms with Crippen LogP contribution in [0.2, 0.25) is 0 Å². The molecule has 13 nitrogen and oxygen atoms in total. The Morgan fingerprint density at radius 3 is 1.86 bits per heavy atom. The van der Waals surface area contributed by atoms with E-state index in [0.29, 0.717) is 12.1 Å². The van der Waals surface area contributed by atoms with E-state index in [1.165, 1.54) is 0 Å². The zero-order valence-electron chi connectivity index (χ0n) is 13.9. The van der Waals surface area contributed by atoms with Crippen LogP contribution in [0.3, 0.4) is 0 Å². The van der Waals surface area contributed by atoms with Crippen LogP contribution in [0.4, 0.5) is 11.4 Å². The summed E-state index contributed by atoms with van der Waals surface area (Å²) in [6, 6.07) is 4.00. The largest absolute Gasteiger partial charge is 0.506 e. The first-order valence-electron chi connectivity index (χ1n) is 7.16. The van der Waals surface area contributed by atoms with Gasteiger partial charge in [-0.15, -0.1) is 0 Å². The van der Waals surface area contributed by atoms with Crippen LogP contribution in [0, 0.1) is 0 Å². The molecule has 0 saturated heterocycles. The number of benzene rings is 2. The maximum absolute atomic E-state index is 11.5. The van der Waals surface area contributed by atoms with E-state index in [0.717, 1.165) is 18.2 Å². The Kier molecular flexibility index (Phi) is 5.70. The van der Waals surface area contributed by atoms with Crippen molar-refractivity contribution in [1.82, 2.24) is 0 Å². The number of carboxylic acids is 2. The number of phenols is 1. The lowest BCUT2D eigenvalue weighted by molar-refractivity contribution is 0.0683. The van der Waals surface area contributed by atoms with Crippen molar-refractivity contribution >= 4 is 43.5 Å². The number of carbonyl (C=O) groups is 2. The zero-order valence-corrected chi connectivity index (χ0v) is 15.5. The molecular formula is C14H12N2O11S2. The van der Waals surface area contributed by atoms with Gasteiger partial charge < -0.3 is 20.7 Å². The first-order chi connectivity index (χ1) is 13.2. The Labute approximate surface area is 162 Å². The lowest BCUT2D eigenvalue weighted by atomic mass is 10.2. The fraction of sp³-hybridized carbons (Fsp3) is 0. The van der Waals surface area contributed by atoms with Crippen LogP contribution in [-0.4, -0.2) is 53.2 Å². The van der Waals surface area contributed by atoms with Gasteiger partial charge in [0.25, 0.3) is 20.2 Å². The number of rotatable bonds is 7. The summed E-state index contributed by atoms with van der Waals surface area (Å²) in [6.07, 6.45) is 0. The van der Waals surface area contributed by atoms with Gasteiger partial charge in [0.2, 0.25) is 0 Å². The molecule has 0 aliphatic carbocycles. The first kappa shape index (κ1) is 21.9. The summed E-state index contributed by atoms with van der Waals surface area (Å²) < 4.78 is 64.0. The van der Waals surface area contributed by atoms with E-state index in [4.69, 9.17) is 14.8 Å². The lowest BCUT2D eigenvalue weighted by Gasteiger charge is -2.15. The molecule has 0 aliphatic heterocycles. The fourth-order valence-corrected chi connectivity index (χ4v) is 3.45. The molecule has 2 aromatic rings. The summed E-state index contributed by atoms with van der Waals surface area (Å²) in [6.45, 7) is 0. The quantitative estimate of drug-likeness (QED) is 0.176. The molecule has 0 atom stereocenters. The van der Waals surface area contributed by atoms with E-state index >= 15 is 0 Å². The zero-order chi connectivity index (χ0) is 22.1. The van der Waals surface area contributed by atoms with Gasteiger partial charge in [0.1, 0.15) is 15.4 Å². The minimum Gasteiger partial charge on any atom is -0.506 e. The Hall–Kier alpha value is -3.40. The Bertz CT molecular complexity index is 1220. The third-order valence-electron chi connectivity index (χ3n) is 3.43. The molecule has 0 aliphatic rings. The highest BCUT2D eigenvalue weighted by atomic mass is 32.2. The minimum absolute atomic E-state index is 0.351. The summed E-state index contributed by atoms with van der Waals surface area (Å²) in [5.74, 6) is -4.44. The maximum atomic E-state index is 11.5. The van der Waals surface area contributed by atoms with Gasteiger partial charge in [-0.25, -0.2) is 9.59 Å². The molecule has 0 unspecified atom stereocenters. The number of hydrogen-bond donors (Lipinski definition) is 7. The molecule has 156 valence electrons. The van der Waals surface area contributed by atoms with Crippen LogP contribution in [0.15, 0.2) is 40.1 Å². The third-order valence-corrected chi connectivity index (χ3v) is 5.19. The Morgan fingerprint density at radius 2 is 1.38 bits per heavy atom. The van der Waals surface area contributed by atoms with Gasteiger partial charge in [0, 0.05) is 0 Å². The number of carboxylic acid groups (broad SMARTS) is 2. The van der Waals surface area contributed by atoms with E-state index in [9.17, 15) is 36.1 Å². The highest BCUT2D eigenvalue weighted by Crippen LogP contribution is 2.31. The van der Waals surface area contributed by atoms with Gasteiger partial charge in [-0.1, -0.05) is 0 Å². The molecule has 15 heteroatoms. The van der Waals surface area contributed by atoms with Gasteiger partial charge in [-0.3, -0.25) is 14.5 Å². The summed E-state index contributed by atoms with van der Waals surface area (Å²) in [5, 5.41) is 27.7. The molecule has 29 heavy (non-hydrogen) atoms. The van der Waals surface area contributed by atoms with Gasteiger partial charge in [-0.05, 0) is 30.3 Å². The molecule has 0 radical (unpaired) electrons. The molecular weight excluding hydrogens is 436 g/mol. The smallest absolute Gasteiger partial charge is 0.339 e. The van der Waals surface area contributed by atoms with Gasteiger partial charge in [0.15, 0.2) is 5.75 Å². The van der Waals surface area contributed by atoms with Crippen molar-refractivity contribution in [2.24, 2.45) is 0 Å². The summed E-state index contributed by atoms with van der Waals surface area (Å²) in [5.41, 5.74) is 2.37. The van der Waals surface area contributed by atoms with E-state index in [1.54, 1.807) is 0 Å². The van der Waals surface area contributed by atoms with E-state index < -0.39 is 58.8 Å². The minimum atomic E-state index is -5.02. The van der Waals surface area contributed by atoms with E-state index in [1.807, 2.05) is 0 Å². The highest BCUT2D eigenvalue weighted by molar-refractivity contribution is 7.86. The normalized spacial score (nSPS) is 11.7. The number of aromatic hydroxyl groups is 1. The monoisotopic (exact) mass is 448 g/mol. The van der Waals surface area contributed by atoms with Crippen molar-refractivity contribution in [1.29, 1.82) is 0 Å². The molecule has 0 spiro atoms. The van der Waals surface area contributed by atoms with Crippen LogP contribution in [0.1, 0.15) is 20.7 Å². The predicted molar refractivity (Wildman–Crippen MR) is 95.3 cm³/mol. The Balaban J connectivity index is 2.51. The molecule has 0 saturated carbocycles. The van der Waals surface area contributed by atoms with Crippen molar-refractivity contribution in [3.63, 3.8) is 0 Å². The topological polar surface area (TPSA) is 228 Å². The lowest BCUT2D eigenvalue weighted by Crippen LogP contribution is -2.15. The van der Waals surface area contributed by atoms with Gasteiger partial charge in [-0.2, -0.15) is 16.8 Å². The second-order valence-corrected chi connectivity index (χ2v) is 8.17. The molecule has 0 aromatic heterocycles. The van der Waals surface area contributed by atoms with Crippen molar-refractivity contribution in [3.05, 3.63) is 41.5 Å². The van der Waals surface area contributed by atoms with Gasteiger partial charge in [0.05, 0.1) is 16.9 Å². The van der Waals surface area contributed by atoms with Crippen LogP contribution in [0.25, 0.3) is 0 Å². The molecule has 7 N–H and O–H groups in total. The van der Waals surface area contributed by atoms with Crippen molar-refractivity contribution in [3.8, 4) is 5.75 Å². The maximum Gasteiger partial charge on any atom is 0.339 e. The SMILES string of the molecule is O=C(O)c1ccc(NNc2cc(C(=O)O)c(O)c(S(=O)(=O)O)c2)c(S(=O)(=O)O)c1. The number of hydrogen-bond acceptors (Lipinski definition) is 9. The van der Waals surface area contributed by atoms with Crippen molar-refractivity contribution in [2.45, 2.75) is 9.79 Å². The molecule has 2 rings (SSSR count). The van der Waals surface area contributed by atoms with Crippen LogP contribution < -0.4 is 10.9 Å². The van der Waals surface area contributed by atoms with Crippen LogP contribution >= 0.6 is 0 Å². The molecule has 0 heterocycles. The number of nitrogens with one attached hydrogen (secondary N) is 2. The number of anilines is 2. The number of aromatic carboxylic acids is 2. The summed E-state index contributed by atoms with van der Waals surface area (Å²) >= 11 is 0. The molecule has 2 aromatic carbocycles. The average molecular weight is 448 g/mol. The summed E-state index contributed by atoms with van der Waals surface area (Å²) in [4.78, 5) is 20.1. The highest BCUT2D eigenvalue weighted by Gasteiger charge is 2.24. The van der Waals surface area contributed by atoms with Crippen LogP contribution in [0.5, 0.6) is 5.75 Å².